The molecule has 1 atom stereocenters. The van der Waals surface area contributed by atoms with Gasteiger partial charge in [0, 0.05) is 43.9 Å². The number of nitrogens with zero attached hydrogens (tertiary/aromatic N) is 2. The van der Waals surface area contributed by atoms with Crippen LogP contribution in [-0.4, -0.2) is 61.6 Å². The van der Waals surface area contributed by atoms with Crippen LogP contribution in [0.1, 0.15) is 18.9 Å². The molecular weight excluding hydrogens is 326 g/mol. The number of hydrogen-bond acceptors (Lipinski definition) is 4. The maximum absolute atomic E-state index is 13.6. The number of aliphatic hydroxyl groups is 1. The number of halogens is 2. The summed E-state index contributed by atoms with van der Waals surface area (Å²) in [6.45, 7) is 3.70. The van der Waals surface area contributed by atoms with E-state index in [1.807, 2.05) is 6.92 Å². The molecule has 5 nitrogen and oxygen atoms in total. The lowest BCUT2D eigenvalue weighted by Gasteiger charge is -2.37. The van der Waals surface area contributed by atoms with E-state index in [0.29, 0.717) is 32.2 Å². The Bertz CT molecular complexity index is 628. The highest BCUT2D eigenvalue weighted by Crippen LogP contribution is 2.18. The Kier molecular flexibility index (Phi) is 6.07. The van der Waals surface area contributed by atoms with Gasteiger partial charge in [-0.2, -0.15) is 4.31 Å². The Hall–Kier alpha value is -1.09. The van der Waals surface area contributed by atoms with Crippen LogP contribution >= 0.6 is 0 Å². The van der Waals surface area contributed by atoms with Gasteiger partial charge in [-0.1, -0.05) is 13.0 Å². The van der Waals surface area contributed by atoms with Crippen LogP contribution in [-0.2, 0) is 15.8 Å². The summed E-state index contributed by atoms with van der Waals surface area (Å²) in [4.78, 5) is 2.06. The highest BCUT2D eigenvalue weighted by atomic mass is 32.2. The fourth-order valence-corrected chi connectivity index (χ4v) is 4.31. The van der Waals surface area contributed by atoms with E-state index in [0.717, 1.165) is 18.6 Å². The Morgan fingerprint density at radius 1 is 1.22 bits per heavy atom. The number of piperazine rings is 1. The molecule has 1 aromatic carbocycles. The van der Waals surface area contributed by atoms with Gasteiger partial charge in [-0.15, -0.1) is 0 Å². The summed E-state index contributed by atoms with van der Waals surface area (Å²) in [5.41, 5.74) is -0.0318. The van der Waals surface area contributed by atoms with Crippen LogP contribution in [0.15, 0.2) is 18.2 Å². The van der Waals surface area contributed by atoms with Crippen molar-refractivity contribution in [2.45, 2.75) is 25.1 Å². The van der Waals surface area contributed by atoms with E-state index in [4.69, 9.17) is 0 Å². The van der Waals surface area contributed by atoms with E-state index in [2.05, 4.69) is 4.90 Å². The lowest BCUT2D eigenvalue weighted by Crippen LogP contribution is -2.52. The lowest BCUT2D eigenvalue weighted by atomic mass is 10.2. The minimum Gasteiger partial charge on any atom is -0.395 e. The molecule has 0 spiro atoms. The standard InChI is InChI=1S/C15H22F2N2O3S/c1-2-14(10-20)18-5-7-19(8-6-18)23(21,22)11-12-3-4-13(16)9-15(12)17/h3-4,9,14,20H,2,5-8,10-11H2,1H3/t14-/m1/s1. The van der Waals surface area contributed by atoms with Crippen molar-refractivity contribution in [2.24, 2.45) is 0 Å². The van der Waals surface area contributed by atoms with Crippen molar-refractivity contribution in [3.8, 4) is 0 Å². The zero-order valence-electron chi connectivity index (χ0n) is 13.1. The van der Waals surface area contributed by atoms with E-state index < -0.39 is 27.4 Å². The zero-order chi connectivity index (χ0) is 17.0. The van der Waals surface area contributed by atoms with Gasteiger partial charge in [-0.25, -0.2) is 17.2 Å². The van der Waals surface area contributed by atoms with Crippen molar-refractivity contribution < 1.29 is 22.3 Å². The topological polar surface area (TPSA) is 60.9 Å². The Morgan fingerprint density at radius 3 is 2.39 bits per heavy atom. The third-order valence-electron chi connectivity index (χ3n) is 4.22. The minimum absolute atomic E-state index is 0.0318. The molecule has 1 aromatic rings. The molecule has 0 aliphatic carbocycles. The maximum atomic E-state index is 13.6. The average Bonchev–Trinajstić information content (AvgIpc) is 2.52. The predicted molar refractivity (Wildman–Crippen MR) is 83.3 cm³/mol. The summed E-state index contributed by atoms with van der Waals surface area (Å²) in [6, 6.07) is 2.95. The largest absolute Gasteiger partial charge is 0.395 e. The van der Waals surface area contributed by atoms with Gasteiger partial charge >= 0.3 is 0 Å². The summed E-state index contributed by atoms with van der Waals surface area (Å²) in [5, 5.41) is 9.31. The van der Waals surface area contributed by atoms with E-state index >= 15 is 0 Å². The first-order valence-electron chi connectivity index (χ1n) is 7.64. The van der Waals surface area contributed by atoms with E-state index in [-0.39, 0.29) is 18.2 Å². The van der Waals surface area contributed by atoms with Crippen LogP contribution in [0.3, 0.4) is 0 Å². The van der Waals surface area contributed by atoms with Gasteiger partial charge in [-0.3, -0.25) is 4.90 Å². The van der Waals surface area contributed by atoms with Crippen LogP contribution < -0.4 is 0 Å². The van der Waals surface area contributed by atoms with Gasteiger partial charge in [0.15, 0.2) is 0 Å². The monoisotopic (exact) mass is 348 g/mol. The molecule has 1 N–H and O–H groups in total. The molecule has 130 valence electrons. The first-order chi connectivity index (χ1) is 10.9. The highest BCUT2D eigenvalue weighted by Gasteiger charge is 2.29. The third kappa shape index (κ3) is 4.47. The van der Waals surface area contributed by atoms with Crippen molar-refractivity contribution in [1.29, 1.82) is 0 Å². The Morgan fingerprint density at radius 2 is 1.87 bits per heavy atom. The van der Waals surface area contributed by atoms with Crippen LogP contribution in [0.25, 0.3) is 0 Å². The average molecular weight is 348 g/mol. The molecule has 1 fully saturated rings. The highest BCUT2D eigenvalue weighted by molar-refractivity contribution is 7.88. The molecule has 2 rings (SSSR count). The van der Waals surface area contributed by atoms with Gasteiger partial charge in [0.05, 0.1) is 12.4 Å². The van der Waals surface area contributed by atoms with Crippen molar-refractivity contribution in [3.63, 3.8) is 0 Å². The predicted octanol–water partition coefficient (Wildman–Crippen LogP) is 1.18. The number of rotatable bonds is 6. The summed E-state index contributed by atoms with van der Waals surface area (Å²) in [5.74, 6) is -2.05. The molecule has 0 aromatic heterocycles. The van der Waals surface area contributed by atoms with Crippen LogP contribution in [0.5, 0.6) is 0 Å². The summed E-state index contributed by atoms with van der Waals surface area (Å²) >= 11 is 0. The van der Waals surface area contributed by atoms with Crippen LogP contribution in [0.4, 0.5) is 8.78 Å². The molecule has 0 amide bonds. The number of benzene rings is 1. The van der Waals surface area contributed by atoms with Gasteiger partial charge in [0.2, 0.25) is 10.0 Å². The van der Waals surface area contributed by atoms with E-state index in [1.54, 1.807) is 0 Å². The van der Waals surface area contributed by atoms with Crippen molar-refractivity contribution >= 4 is 10.0 Å². The normalized spacial score (nSPS) is 19.0. The number of aliphatic hydroxyl groups excluding tert-OH is 1. The van der Waals surface area contributed by atoms with Crippen molar-refractivity contribution in [3.05, 3.63) is 35.4 Å². The second-order valence-corrected chi connectivity index (χ2v) is 7.64. The fraction of sp³-hybridized carbons (Fsp3) is 0.600. The molecular formula is C15H22F2N2O3S. The third-order valence-corrected chi connectivity index (χ3v) is 6.05. The number of hydrogen-bond donors (Lipinski definition) is 1. The first-order valence-corrected chi connectivity index (χ1v) is 9.25. The van der Waals surface area contributed by atoms with Crippen LogP contribution in [0, 0.1) is 11.6 Å². The molecule has 1 aliphatic heterocycles. The second kappa shape index (κ2) is 7.65. The fourth-order valence-electron chi connectivity index (χ4n) is 2.78. The van der Waals surface area contributed by atoms with E-state index in [1.165, 1.54) is 4.31 Å². The summed E-state index contributed by atoms with van der Waals surface area (Å²) < 4.78 is 52.7. The maximum Gasteiger partial charge on any atom is 0.218 e. The van der Waals surface area contributed by atoms with Crippen molar-refractivity contribution in [1.82, 2.24) is 9.21 Å². The van der Waals surface area contributed by atoms with Gasteiger partial charge in [-0.05, 0) is 12.5 Å². The smallest absolute Gasteiger partial charge is 0.218 e. The molecule has 1 heterocycles. The molecule has 0 unspecified atom stereocenters. The Labute approximate surface area is 135 Å². The van der Waals surface area contributed by atoms with Gasteiger partial charge < -0.3 is 5.11 Å². The molecule has 23 heavy (non-hydrogen) atoms. The molecule has 1 saturated heterocycles. The van der Waals surface area contributed by atoms with Gasteiger partial charge in [0.25, 0.3) is 0 Å². The zero-order valence-corrected chi connectivity index (χ0v) is 13.9. The molecule has 8 heteroatoms. The molecule has 1 aliphatic rings. The van der Waals surface area contributed by atoms with Crippen molar-refractivity contribution in [2.75, 3.05) is 32.8 Å². The van der Waals surface area contributed by atoms with Gasteiger partial charge in [0.1, 0.15) is 11.6 Å². The van der Waals surface area contributed by atoms with E-state index in [9.17, 15) is 22.3 Å². The molecule has 0 saturated carbocycles. The first kappa shape index (κ1) is 18.3. The lowest BCUT2D eigenvalue weighted by molar-refractivity contribution is 0.0880. The molecule has 0 bridgehead atoms. The minimum atomic E-state index is -3.65. The second-order valence-electron chi connectivity index (χ2n) is 5.67. The quantitative estimate of drug-likeness (QED) is 0.839. The SMILES string of the molecule is CC[C@H](CO)N1CCN(S(=O)(=O)Cc2ccc(F)cc2F)CC1. The summed E-state index contributed by atoms with van der Waals surface area (Å²) in [7, 11) is -3.65. The molecule has 0 radical (unpaired) electrons. The number of sulfonamides is 1. The Balaban J connectivity index is 2.01. The summed E-state index contributed by atoms with van der Waals surface area (Å²) in [6.07, 6.45) is 0.796. The van der Waals surface area contributed by atoms with Crippen LogP contribution in [0.2, 0.25) is 0 Å².